The lowest BCUT2D eigenvalue weighted by atomic mass is 10.2. The quantitative estimate of drug-likeness (QED) is 0.705. The minimum Gasteiger partial charge on any atom is -0.493 e. The summed E-state index contributed by atoms with van der Waals surface area (Å²) in [7, 11) is 3.00. The van der Waals surface area contributed by atoms with Crippen LogP contribution in [0.4, 0.5) is 20.7 Å². The number of benzene rings is 2. The van der Waals surface area contributed by atoms with E-state index in [1.165, 1.54) is 49.4 Å². The molecule has 0 saturated carbocycles. The lowest BCUT2D eigenvalue weighted by Crippen LogP contribution is -2.28. The van der Waals surface area contributed by atoms with E-state index in [1.807, 2.05) is 0 Å². The van der Waals surface area contributed by atoms with E-state index in [9.17, 15) is 14.0 Å². The highest BCUT2D eigenvalue weighted by molar-refractivity contribution is 5.99. The van der Waals surface area contributed by atoms with Crippen molar-refractivity contribution < 1.29 is 18.7 Å². The van der Waals surface area contributed by atoms with Crippen molar-refractivity contribution in [3.63, 3.8) is 0 Å². The predicted octanol–water partition coefficient (Wildman–Crippen LogP) is 3.03. The van der Waals surface area contributed by atoms with Crippen molar-refractivity contribution in [3.05, 3.63) is 71.0 Å². The zero-order valence-electron chi connectivity index (χ0n) is 15.1. The van der Waals surface area contributed by atoms with Crippen LogP contribution in [-0.2, 0) is 0 Å². The third-order valence-corrected chi connectivity index (χ3v) is 3.80. The Hall–Kier alpha value is -3.88. The summed E-state index contributed by atoms with van der Waals surface area (Å²) in [6, 6.07) is 9.60. The third-order valence-electron chi connectivity index (χ3n) is 3.80. The maximum Gasteiger partial charge on any atom is 0.325 e. The Kier molecular flexibility index (Phi) is 5.54. The lowest BCUT2D eigenvalue weighted by molar-refractivity contribution is 0.262. The van der Waals surface area contributed by atoms with E-state index in [-0.39, 0.29) is 11.5 Å². The molecule has 1 heterocycles. The number of nitrogens with one attached hydrogen (secondary N) is 2. The van der Waals surface area contributed by atoms with Gasteiger partial charge < -0.3 is 14.8 Å². The number of hydrogen-bond donors (Lipinski definition) is 2. The predicted molar refractivity (Wildman–Crippen MR) is 102 cm³/mol. The van der Waals surface area contributed by atoms with Crippen LogP contribution in [0.15, 0.2) is 59.7 Å². The van der Waals surface area contributed by atoms with E-state index >= 15 is 0 Å². The topological polar surface area (TPSA) is 94.5 Å². The number of carbonyl (C=O) groups is 1. The molecule has 0 bridgehead atoms. The molecule has 28 heavy (non-hydrogen) atoms. The Balaban J connectivity index is 1.85. The number of nitrogens with zero attached hydrogens (tertiary/aromatic N) is 2. The van der Waals surface area contributed by atoms with Crippen molar-refractivity contribution >= 4 is 17.5 Å². The summed E-state index contributed by atoms with van der Waals surface area (Å²) in [5.41, 5.74) is 0.191. The summed E-state index contributed by atoms with van der Waals surface area (Å²) in [5, 5.41) is 4.80. The van der Waals surface area contributed by atoms with Gasteiger partial charge in [0.2, 0.25) is 5.82 Å². The Morgan fingerprint density at radius 2 is 1.86 bits per heavy atom. The van der Waals surface area contributed by atoms with Gasteiger partial charge in [-0.15, -0.1) is 0 Å². The number of methoxy groups -OCH3 is 2. The van der Waals surface area contributed by atoms with Crippen LogP contribution in [0, 0.1) is 5.82 Å². The highest BCUT2D eigenvalue weighted by atomic mass is 19.1. The van der Waals surface area contributed by atoms with E-state index < -0.39 is 17.4 Å². The van der Waals surface area contributed by atoms with E-state index in [2.05, 4.69) is 15.6 Å². The second-order valence-corrected chi connectivity index (χ2v) is 5.58. The molecule has 1 aromatic heterocycles. The molecule has 2 aromatic carbocycles. The van der Waals surface area contributed by atoms with Crippen molar-refractivity contribution in [2.75, 3.05) is 24.9 Å². The molecule has 0 fully saturated rings. The van der Waals surface area contributed by atoms with E-state index in [4.69, 9.17) is 9.47 Å². The van der Waals surface area contributed by atoms with Gasteiger partial charge in [-0.3, -0.25) is 14.7 Å². The van der Waals surface area contributed by atoms with Crippen molar-refractivity contribution in [3.8, 4) is 17.2 Å². The summed E-state index contributed by atoms with van der Waals surface area (Å²) in [6.07, 6.45) is 2.83. The fraction of sp³-hybridized carbons (Fsp3) is 0.105. The largest absolute Gasteiger partial charge is 0.493 e. The first-order chi connectivity index (χ1) is 13.5. The first-order valence-corrected chi connectivity index (χ1v) is 8.15. The molecule has 0 unspecified atom stereocenters. The van der Waals surface area contributed by atoms with Crippen LogP contribution in [0.5, 0.6) is 11.5 Å². The van der Waals surface area contributed by atoms with Crippen molar-refractivity contribution in [1.29, 1.82) is 0 Å². The normalized spacial score (nSPS) is 10.2. The average Bonchev–Trinajstić information content (AvgIpc) is 2.69. The fourth-order valence-electron chi connectivity index (χ4n) is 2.51. The van der Waals surface area contributed by atoms with Crippen LogP contribution in [0.1, 0.15) is 0 Å². The Bertz CT molecular complexity index is 1070. The summed E-state index contributed by atoms with van der Waals surface area (Å²) >= 11 is 0. The standard InChI is InChI=1S/C19H17FN4O4/c1-27-15-7-6-14(11-16(15)28-2)24-9-8-21-17(18(24)25)23-19(26)22-13-5-3-4-12(20)10-13/h3-11H,1-2H3,(H2,21,22,23,26). The molecule has 0 radical (unpaired) electrons. The number of urea groups is 1. The van der Waals surface area contributed by atoms with Gasteiger partial charge in [-0.05, 0) is 30.3 Å². The number of rotatable bonds is 5. The van der Waals surface area contributed by atoms with Crippen LogP contribution in [0.25, 0.3) is 5.69 Å². The van der Waals surface area contributed by atoms with Gasteiger partial charge in [-0.2, -0.15) is 0 Å². The minimum atomic E-state index is -0.722. The second kappa shape index (κ2) is 8.21. The summed E-state index contributed by atoms with van der Waals surface area (Å²) in [6.45, 7) is 0. The van der Waals surface area contributed by atoms with Gasteiger partial charge in [0.25, 0.3) is 5.56 Å². The van der Waals surface area contributed by atoms with Crippen LogP contribution in [0.3, 0.4) is 0 Å². The molecule has 0 saturated heterocycles. The Labute approximate surface area is 159 Å². The van der Waals surface area contributed by atoms with E-state index in [0.29, 0.717) is 17.2 Å². The van der Waals surface area contributed by atoms with Gasteiger partial charge in [-0.25, -0.2) is 14.2 Å². The van der Waals surface area contributed by atoms with E-state index in [0.717, 1.165) is 6.07 Å². The monoisotopic (exact) mass is 384 g/mol. The molecule has 144 valence electrons. The fourth-order valence-corrected chi connectivity index (χ4v) is 2.51. The molecule has 0 aliphatic heterocycles. The average molecular weight is 384 g/mol. The van der Waals surface area contributed by atoms with Crippen LogP contribution in [0.2, 0.25) is 0 Å². The maximum absolute atomic E-state index is 13.2. The van der Waals surface area contributed by atoms with Gasteiger partial charge in [0.15, 0.2) is 11.5 Å². The highest BCUT2D eigenvalue weighted by Crippen LogP contribution is 2.28. The van der Waals surface area contributed by atoms with Gasteiger partial charge in [0.1, 0.15) is 5.82 Å². The number of halogens is 1. The third kappa shape index (κ3) is 4.09. The smallest absolute Gasteiger partial charge is 0.325 e. The number of carbonyl (C=O) groups excluding carboxylic acids is 1. The summed E-state index contributed by atoms with van der Waals surface area (Å²) in [4.78, 5) is 28.7. The van der Waals surface area contributed by atoms with Crippen LogP contribution >= 0.6 is 0 Å². The molecular formula is C19H17FN4O4. The first kappa shape index (κ1) is 18.9. The minimum absolute atomic E-state index is 0.189. The molecule has 0 spiro atoms. The highest BCUT2D eigenvalue weighted by Gasteiger charge is 2.12. The summed E-state index contributed by atoms with van der Waals surface area (Å²) < 4.78 is 24.9. The number of ether oxygens (including phenoxy) is 2. The molecule has 3 rings (SSSR count). The number of amides is 2. The zero-order chi connectivity index (χ0) is 20.1. The molecule has 2 amide bonds. The Morgan fingerprint density at radius 3 is 2.57 bits per heavy atom. The molecular weight excluding hydrogens is 367 g/mol. The molecule has 3 aromatic rings. The van der Waals surface area contributed by atoms with Crippen molar-refractivity contribution in [2.45, 2.75) is 0 Å². The molecule has 0 atom stereocenters. The van der Waals surface area contributed by atoms with Crippen LogP contribution in [-0.4, -0.2) is 29.8 Å². The van der Waals surface area contributed by atoms with Crippen LogP contribution < -0.4 is 25.7 Å². The first-order valence-electron chi connectivity index (χ1n) is 8.15. The Morgan fingerprint density at radius 1 is 1.07 bits per heavy atom. The van der Waals surface area contributed by atoms with Gasteiger partial charge in [0.05, 0.1) is 19.9 Å². The molecule has 8 nitrogen and oxygen atoms in total. The number of anilines is 2. The molecule has 2 N–H and O–H groups in total. The molecule has 0 aliphatic rings. The van der Waals surface area contributed by atoms with Gasteiger partial charge in [-0.1, -0.05) is 6.07 Å². The van der Waals surface area contributed by atoms with E-state index in [1.54, 1.807) is 18.2 Å². The lowest BCUT2D eigenvalue weighted by Gasteiger charge is -2.12. The van der Waals surface area contributed by atoms with Gasteiger partial charge in [0, 0.05) is 24.1 Å². The van der Waals surface area contributed by atoms with Crippen molar-refractivity contribution in [1.82, 2.24) is 9.55 Å². The maximum atomic E-state index is 13.2. The molecule has 0 aliphatic carbocycles. The summed E-state index contributed by atoms with van der Waals surface area (Å²) in [5.74, 6) is 0.279. The second-order valence-electron chi connectivity index (χ2n) is 5.58. The van der Waals surface area contributed by atoms with Crippen molar-refractivity contribution in [2.24, 2.45) is 0 Å². The zero-order valence-corrected chi connectivity index (χ0v) is 15.1. The van der Waals surface area contributed by atoms with Gasteiger partial charge >= 0.3 is 6.03 Å². The molecule has 9 heteroatoms. The number of aromatic nitrogens is 2. The SMILES string of the molecule is COc1ccc(-n2ccnc(NC(=O)Nc3cccc(F)c3)c2=O)cc1OC. The number of hydrogen-bond acceptors (Lipinski definition) is 5.